The van der Waals surface area contributed by atoms with Crippen LogP contribution in [0.5, 0.6) is 0 Å². The van der Waals surface area contributed by atoms with Gasteiger partial charge in [-0.05, 0) is 37.8 Å². The molecule has 110 valence electrons. The average Bonchev–Trinajstić information content (AvgIpc) is 2.79. The van der Waals surface area contributed by atoms with E-state index < -0.39 is 17.5 Å². The number of carbonyl (C=O) groups excluding carboxylic acids is 1. The van der Waals surface area contributed by atoms with Crippen LogP contribution in [0.3, 0.4) is 0 Å². The minimum atomic E-state index is -0.739. The topological polar surface area (TPSA) is 41.1 Å². The molecule has 2 N–H and O–H groups in total. The molecular weight excluding hydrogens is 262 g/mol. The standard InChI is InChI=1S/C15H20F2N2O/c1-3-18-14-11(16)7-10(8-12(14)17)15(20)19-13-6-4-5-9(13)2/h7-9,13,18H,3-6H2,1-2H3,(H,19,20). The van der Waals surface area contributed by atoms with E-state index in [1.807, 2.05) is 0 Å². The van der Waals surface area contributed by atoms with Crippen molar-refractivity contribution < 1.29 is 13.6 Å². The maximum atomic E-state index is 13.8. The average molecular weight is 282 g/mol. The minimum absolute atomic E-state index is 0.0285. The second-order valence-electron chi connectivity index (χ2n) is 5.33. The van der Waals surface area contributed by atoms with Gasteiger partial charge in [0, 0.05) is 18.2 Å². The summed E-state index contributed by atoms with van der Waals surface area (Å²) in [5.74, 6) is -1.48. The molecule has 0 aliphatic heterocycles. The Balaban J connectivity index is 2.14. The molecule has 1 saturated carbocycles. The van der Waals surface area contributed by atoms with Crippen molar-refractivity contribution in [3.8, 4) is 0 Å². The van der Waals surface area contributed by atoms with Crippen molar-refractivity contribution >= 4 is 11.6 Å². The number of nitrogens with one attached hydrogen (secondary N) is 2. The Kier molecular flexibility index (Phi) is 4.57. The monoisotopic (exact) mass is 282 g/mol. The Morgan fingerprint density at radius 3 is 2.45 bits per heavy atom. The molecule has 0 heterocycles. The smallest absolute Gasteiger partial charge is 0.251 e. The molecule has 2 unspecified atom stereocenters. The highest BCUT2D eigenvalue weighted by atomic mass is 19.1. The van der Waals surface area contributed by atoms with Crippen LogP contribution in [0.1, 0.15) is 43.5 Å². The van der Waals surface area contributed by atoms with Crippen molar-refractivity contribution in [1.82, 2.24) is 5.32 Å². The van der Waals surface area contributed by atoms with E-state index in [9.17, 15) is 13.6 Å². The van der Waals surface area contributed by atoms with E-state index in [4.69, 9.17) is 0 Å². The van der Waals surface area contributed by atoms with Crippen LogP contribution in [-0.2, 0) is 0 Å². The van der Waals surface area contributed by atoms with Gasteiger partial charge in [-0.1, -0.05) is 13.3 Å². The van der Waals surface area contributed by atoms with Gasteiger partial charge in [-0.25, -0.2) is 8.78 Å². The number of rotatable bonds is 4. The van der Waals surface area contributed by atoms with E-state index in [1.54, 1.807) is 6.92 Å². The molecule has 1 amide bonds. The summed E-state index contributed by atoms with van der Waals surface area (Å²) in [7, 11) is 0. The summed E-state index contributed by atoms with van der Waals surface area (Å²) >= 11 is 0. The first-order valence-corrected chi connectivity index (χ1v) is 7.06. The molecule has 20 heavy (non-hydrogen) atoms. The number of anilines is 1. The molecule has 3 nitrogen and oxygen atoms in total. The van der Waals surface area contributed by atoms with Crippen molar-refractivity contribution in [2.24, 2.45) is 5.92 Å². The quantitative estimate of drug-likeness (QED) is 0.889. The van der Waals surface area contributed by atoms with E-state index in [0.717, 1.165) is 31.4 Å². The second kappa shape index (κ2) is 6.20. The maximum Gasteiger partial charge on any atom is 0.251 e. The first-order chi connectivity index (χ1) is 9.52. The summed E-state index contributed by atoms with van der Waals surface area (Å²) < 4.78 is 27.5. The van der Waals surface area contributed by atoms with Crippen LogP contribution in [0.2, 0.25) is 0 Å². The first kappa shape index (κ1) is 14.8. The molecule has 1 fully saturated rings. The first-order valence-electron chi connectivity index (χ1n) is 7.06. The van der Waals surface area contributed by atoms with Gasteiger partial charge in [-0.2, -0.15) is 0 Å². The van der Waals surface area contributed by atoms with Gasteiger partial charge in [0.05, 0.1) is 0 Å². The predicted molar refractivity (Wildman–Crippen MR) is 74.8 cm³/mol. The minimum Gasteiger partial charge on any atom is -0.381 e. The molecule has 1 aromatic rings. The van der Waals surface area contributed by atoms with Crippen LogP contribution < -0.4 is 10.6 Å². The van der Waals surface area contributed by atoms with Crippen molar-refractivity contribution in [2.75, 3.05) is 11.9 Å². The third-order valence-corrected chi connectivity index (χ3v) is 3.84. The molecule has 0 saturated heterocycles. The lowest BCUT2D eigenvalue weighted by Gasteiger charge is -2.17. The van der Waals surface area contributed by atoms with E-state index in [1.165, 1.54) is 0 Å². The Morgan fingerprint density at radius 1 is 1.30 bits per heavy atom. The van der Waals surface area contributed by atoms with Crippen LogP contribution in [0.15, 0.2) is 12.1 Å². The third-order valence-electron chi connectivity index (χ3n) is 3.84. The fraction of sp³-hybridized carbons (Fsp3) is 0.533. The molecule has 0 aromatic heterocycles. The van der Waals surface area contributed by atoms with Gasteiger partial charge >= 0.3 is 0 Å². The summed E-state index contributed by atoms with van der Waals surface area (Å²) in [6.45, 7) is 4.24. The molecule has 1 aliphatic carbocycles. The van der Waals surface area contributed by atoms with Crippen LogP contribution in [0.4, 0.5) is 14.5 Å². The van der Waals surface area contributed by atoms with E-state index in [2.05, 4.69) is 17.6 Å². The van der Waals surface area contributed by atoms with Gasteiger partial charge in [-0.15, -0.1) is 0 Å². The van der Waals surface area contributed by atoms with Gasteiger partial charge in [0.15, 0.2) is 0 Å². The Morgan fingerprint density at radius 2 is 1.95 bits per heavy atom. The van der Waals surface area contributed by atoms with E-state index >= 15 is 0 Å². The highest BCUT2D eigenvalue weighted by molar-refractivity contribution is 5.94. The van der Waals surface area contributed by atoms with Crippen LogP contribution in [-0.4, -0.2) is 18.5 Å². The zero-order valence-electron chi connectivity index (χ0n) is 11.8. The van der Waals surface area contributed by atoms with Gasteiger partial charge in [0.1, 0.15) is 17.3 Å². The fourth-order valence-electron chi connectivity index (χ4n) is 2.66. The number of hydrogen-bond donors (Lipinski definition) is 2. The molecule has 2 atom stereocenters. The maximum absolute atomic E-state index is 13.8. The molecule has 2 rings (SSSR count). The molecule has 0 radical (unpaired) electrons. The summed E-state index contributed by atoms with van der Waals surface area (Å²) in [6.07, 6.45) is 3.08. The summed E-state index contributed by atoms with van der Waals surface area (Å²) in [6, 6.07) is 2.26. The van der Waals surface area contributed by atoms with Crippen LogP contribution in [0, 0.1) is 17.6 Å². The summed E-state index contributed by atoms with van der Waals surface area (Å²) in [5.41, 5.74) is -0.154. The molecule has 0 spiro atoms. The Labute approximate surface area is 117 Å². The predicted octanol–water partition coefficient (Wildman–Crippen LogP) is 3.32. The number of hydrogen-bond acceptors (Lipinski definition) is 2. The molecule has 5 heteroatoms. The second-order valence-corrected chi connectivity index (χ2v) is 5.33. The van der Waals surface area contributed by atoms with E-state index in [0.29, 0.717) is 12.5 Å². The SMILES string of the molecule is CCNc1c(F)cc(C(=O)NC2CCCC2C)cc1F. The van der Waals surface area contributed by atoms with Crippen LogP contribution in [0.25, 0.3) is 0 Å². The van der Waals surface area contributed by atoms with Gasteiger partial charge in [-0.3, -0.25) is 4.79 Å². The zero-order chi connectivity index (χ0) is 14.7. The fourth-order valence-corrected chi connectivity index (χ4v) is 2.66. The summed E-state index contributed by atoms with van der Waals surface area (Å²) in [5, 5.41) is 5.47. The van der Waals surface area contributed by atoms with Crippen molar-refractivity contribution in [2.45, 2.75) is 39.2 Å². The van der Waals surface area contributed by atoms with Crippen molar-refractivity contribution in [3.63, 3.8) is 0 Å². The lowest BCUT2D eigenvalue weighted by molar-refractivity contribution is 0.0928. The largest absolute Gasteiger partial charge is 0.381 e. The zero-order valence-corrected chi connectivity index (χ0v) is 11.8. The third kappa shape index (κ3) is 3.08. The lowest BCUT2D eigenvalue weighted by Crippen LogP contribution is -2.36. The number of carbonyl (C=O) groups is 1. The number of benzene rings is 1. The molecule has 1 aliphatic rings. The van der Waals surface area contributed by atoms with Gasteiger partial charge < -0.3 is 10.6 Å². The van der Waals surface area contributed by atoms with Gasteiger partial charge in [0.2, 0.25) is 0 Å². The van der Waals surface area contributed by atoms with E-state index in [-0.39, 0.29) is 17.3 Å². The number of halogens is 2. The highest BCUT2D eigenvalue weighted by Crippen LogP contribution is 2.26. The van der Waals surface area contributed by atoms with Gasteiger partial charge in [0.25, 0.3) is 5.91 Å². The number of amides is 1. The molecule has 0 bridgehead atoms. The highest BCUT2D eigenvalue weighted by Gasteiger charge is 2.25. The molecular formula is C15H20F2N2O. The summed E-state index contributed by atoms with van der Waals surface area (Å²) in [4.78, 5) is 12.1. The Hall–Kier alpha value is -1.65. The lowest BCUT2D eigenvalue weighted by atomic mass is 10.1. The molecule has 1 aromatic carbocycles. The normalized spacial score (nSPS) is 21.8. The van der Waals surface area contributed by atoms with Crippen LogP contribution >= 0.6 is 0 Å². The van der Waals surface area contributed by atoms with Crippen molar-refractivity contribution in [3.05, 3.63) is 29.3 Å². The van der Waals surface area contributed by atoms with Crippen molar-refractivity contribution in [1.29, 1.82) is 0 Å². The Bertz CT molecular complexity index is 482.